The third kappa shape index (κ3) is 3.65. The average Bonchev–Trinajstić information content (AvgIpc) is 3.16. The standard InChI is InChI=1S/C17H18ClN5O/c1-3-22-11-16(12(2)21-22)17(24)20-15-8-19-23(10-15)9-13-4-6-14(18)7-5-13/h4-8,10-11H,3,9H2,1-2H3,(H,20,24). The van der Waals surface area contributed by atoms with Crippen LogP contribution in [0.4, 0.5) is 5.69 Å². The first-order valence-electron chi connectivity index (χ1n) is 7.67. The largest absolute Gasteiger partial charge is 0.319 e. The smallest absolute Gasteiger partial charge is 0.259 e. The van der Waals surface area contributed by atoms with Crippen molar-refractivity contribution in [3.63, 3.8) is 0 Å². The van der Waals surface area contributed by atoms with Crippen LogP contribution in [0.15, 0.2) is 42.9 Å². The maximum atomic E-state index is 12.4. The summed E-state index contributed by atoms with van der Waals surface area (Å²) in [5.74, 6) is -0.182. The molecule has 0 aliphatic carbocycles. The first kappa shape index (κ1) is 16.3. The van der Waals surface area contributed by atoms with Gasteiger partial charge in [0.05, 0.1) is 29.7 Å². The number of halogens is 1. The summed E-state index contributed by atoms with van der Waals surface area (Å²) in [6.07, 6.45) is 5.18. The van der Waals surface area contributed by atoms with Gasteiger partial charge in [-0.25, -0.2) is 0 Å². The fraction of sp³-hybridized carbons (Fsp3) is 0.235. The molecule has 0 fully saturated rings. The van der Waals surface area contributed by atoms with Gasteiger partial charge in [-0.2, -0.15) is 10.2 Å². The summed E-state index contributed by atoms with van der Waals surface area (Å²) < 4.78 is 3.51. The molecule has 1 amide bonds. The first-order chi connectivity index (χ1) is 11.5. The number of rotatable bonds is 5. The Balaban J connectivity index is 1.68. The van der Waals surface area contributed by atoms with Crippen LogP contribution in [-0.4, -0.2) is 25.5 Å². The van der Waals surface area contributed by atoms with Gasteiger partial charge in [0.15, 0.2) is 0 Å². The summed E-state index contributed by atoms with van der Waals surface area (Å²) in [6, 6.07) is 7.59. The molecule has 124 valence electrons. The van der Waals surface area contributed by atoms with E-state index in [9.17, 15) is 4.79 Å². The molecule has 0 radical (unpaired) electrons. The number of hydrogen-bond donors (Lipinski definition) is 1. The SMILES string of the molecule is CCn1cc(C(=O)Nc2cnn(Cc3ccc(Cl)cc3)c2)c(C)n1. The highest BCUT2D eigenvalue weighted by atomic mass is 35.5. The summed E-state index contributed by atoms with van der Waals surface area (Å²) in [5, 5.41) is 12.1. The van der Waals surface area contributed by atoms with Crippen LogP contribution >= 0.6 is 11.6 Å². The van der Waals surface area contributed by atoms with Gasteiger partial charge in [-0.15, -0.1) is 0 Å². The van der Waals surface area contributed by atoms with E-state index in [4.69, 9.17) is 11.6 Å². The van der Waals surface area contributed by atoms with E-state index in [0.29, 0.717) is 28.5 Å². The molecule has 1 N–H and O–H groups in total. The Hall–Kier alpha value is -2.60. The lowest BCUT2D eigenvalue weighted by atomic mass is 10.2. The number of carbonyl (C=O) groups is 1. The number of aromatic nitrogens is 4. The third-order valence-electron chi connectivity index (χ3n) is 3.66. The van der Waals surface area contributed by atoms with Crippen molar-refractivity contribution in [1.82, 2.24) is 19.6 Å². The molecule has 6 nitrogen and oxygen atoms in total. The molecule has 24 heavy (non-hydrogen) atoms. The molecule has 3 rings (SSSR count). The number of aryl methyl sites for hydroxylation is 2. The zero-order chi connectivity index (χ0) is 17.1. The molecule has 2 aromatic heterocycles. The number of benzene rings is 1. The van der Waals surface area contributed by atoms with Crippen LogP contribution in [0, 0.1) is 6.92 Å². The molecule has 3 aromatic rings. The van der Waals surface area contributed by atoms with Crippen molar-refractivity contribution in [3.05, 3.63) is 64.7 Å². The maximum Gasteiger partial charge on any atom is 0.259 e. The number of amides is 1. The van der Waals surface area contributed by atoms with Crippen LogP contribution in [0.25, 0.3) is 0 Å². The van der Waals surface area contributed by atoms with Crippen molar-refractivity contribution in [2.75, 3.05) is 5.32 Å². The van der Waals surface area contributed by atoms with Crippen LogP contribution in [0.5, 0.6) is 0 Å². The lowest BCUT2D eigenvalue weighted by Gasteiger charge is -2.02. The highest BCUT2D eigenvalue weighted by Crippen LogP contribution is 2.14. The van der Waals surface area contributed by atoms with Crippen molar-refractivity contribution in [2.45, 2.75) is 26.9 Å². The van der Waals surface area contributed by atoms with E-state index in [1.807, 2.05) is 38.1 Å². The van der Waals surface area contributed by atoms with E-state index >= 15 is 0 Å². The summed E-state index contributed by atoms with van der Waals surface area (Å²) in [4.78, 5) is 12.4. The highest BCUT2D eigenvalue weighted by Gasteiger charge is 2.14. The molecule has 0 spiro atoms. The minimum absolute atomic E-state index is 0.182. The zero-order valence-corrected chi connectivity index (χ0v) is 14.3. The monoisotopic (exact) mass is 343 g/mol. The predicted octanol–water partition coefficient (Wildman–Crippen LogP) is 3.36. The van der Waals surface area contributed by atoms with Gasteiger partial charge in [-0.05, 0) is 31.5 Å². The molecule has 2 heterocycles. The van der Waals surface area contributed by atoms with Crippen LogP contribution in [0.1, 0.15) is 28.5 Å². The van der Waals surface area contributed by atoms with Crippen LogP contribution < -0.4 is 5.32 Å². The number of carbonyl (C=O) groups excluding carboxylic acids is 1. The Morgan fingerprint density at radius 2 is 1.96 bits per heavy atom. The number of hydrogen-bond acceptors (Lipinski definition) is 3. The van der Waals surface area contributed by atoms with Crippen molar-refractivity contribution < 1.29 is 4.79 Å². The molecule has 0 atom stereocenters. The Labute approximate surface area is 145 Å². The van der Waals surface area contributed by atoms with Gasteiger partial charge in [0.1, 0.15) is 0 Å². The van der Waals surface area contributed by atoms with E-state index in [1.165, 1.54) is 0 Å². The molecule has 1 aromatic carbocycles. The van der Waals surface area contributed by atoms with Crippen molar-refractivity contribution in [1.29, 1.82) is 0 Å². The predicted molar refractivity (Wildman–Crippen MR) is 93.4 cm³/mol. The number of anilines is 1. The molecule has 0 unspecified atom stereocenters. The minimum Gasteiger partial charge on any atom is -0.319 e. The van der Waals surface area contributed by atoms with Gasteiger partial charge in [0, 0.05) is 24.0 Å². The summed E-state index contributed by atoms with van der Waals surface area (Å²) in [6.45, 7) is 5.15. The van der Waals surface area contributed by atoms with Gasteiger partial charge in [0.2, 0.25) is 0 Å². The Bertz CT molecular complexity index is 850. The van der Waals surface area contributed by atoms with E-state index in [2.05, 4.69) is 15.5 Å². The second-order valence-corrected chi connectivity index (χ2v) is 5.93. The highest BCUT2D eigenvalue weighted by molar-refractivity contribution is 6.30. The molecule has 7 heteroatoms. The fourth-order valence-electron chi connectivity index (χ4n) is 2.39. The van der Waals surface area contributed by atoms with Gasteiger partial charge < -0.3 is 5.32 Å². The molecule has 0 aliphatic rings. The maximum absolute atomic E-state index is 12.4. The normalized spacial score (nSPS) is 10.8. The average molecular weight is 344 g/mol. The number of nitrogens with zero attached hydrogens (tertiary/aromatic N) is 4. The Kier molecular flexibility index (Phi) is 4.66. The van der Waals surface area contributed by atoms with Crippen LogP contribution in [0.2, 0.25) is 5.02 Å². The van der Waals surface area contributed by atoms with E-state index in [1.54, 1.807) is 28.0 Å². The van der Waals surface area contributed by atoms with E-state index in [0.717, 1.165) is 12.1 Å². The topological polar surface area (TPSA) is 64.7 Å². The molecule has 0 aliphatic heterocycles. The summed E-state index contributed by atoms with van der Waals surface area (Å²) in [7, 11) is 0. The van der Waals surface area contributed by atoms with E-state index < -0.39 is 0 Å². The molecule has 0 bridgehead atoms. The van der Waals surface area contributed by atoms with Crippen LogP contribution in [-0.2, 0) is 13.1 Å². The van der Waals surface area contributed by atoms with Gasteiger partial charge in [-0.1, -0.05) is 23.7 Å². The number of nitrogens with one attached hydrogen (secondary N) is 1. The lowest BCUT2D eigenvalue weighted by molar-refractivity contribution is 0.102. The first-order valence-corrected chi connectivity index (χ1v) is 8.05. The lowest BCUT2D eigenvalue weighted by Crippen LogP contribution is -2.12. The Morgan fingerprint density at radius 3 is 2.62 bits per heavy atom. The second-order valence-electron chi connectivity index (χ2n) is 5.49. The molecular formula is C17H18ClN5O. The third-order valence-corrected chi connectivity index (χ3v) is 3.92. The Morgan fingerprint density at radius 1 is 1.21 bits per heavy atom. The minimum atomic E-state index is -0.182. The quantitative estimate of drug-likeness (QED) is 0.772. The van der Waals surface area contributed by atoms with Crippen molar-refractivity contribution in [3.8, 4) is 0 Å². The second kappa shape index (κ2) is 6.88. The molecule has 0 saturated heterocycles. The van der Waals surface area contributed by atoms with Gasteiger partial charge in [0.25, 0.3) is 5.91 Å². The van der Waals surface area contributed by atoms with Gasteiger partial charge in [-0.3, -0.25) is 14.2 Å². The summed E-state index contributed by atoms with van der Waals surface area (Å²) in [5.41, 5.74) is 3.02. The zero-order valence-electron chi connectivity index (χ0n) is 13.5. The van der Waals surface area contributed by atoms with Crippen molar-refractivity contribution >= 4 is 23.2 Å². The van der Waals surface area contributed by atoms with Crippen LogP contribution in [0.3, 0.4) is 0 Å². The fourth-order valence-corrected chi connectivity index (χ4v) is 2.52. The molecule has 0 saturated carbocycles. The molecular weight excluding hydrogens is 326 g/mol. The van der Waals surface area contributed by atoms with Gasteiger partial charge >= 0.3 is 0 Å². The summed E-state index contributed by atoms with van der Waals surface area (Å²) >= 11 is 5.88. The van der Waals surface area contributed by atoms with Crippen molar-refractivity contribution in [2.24, 2.45) is 0 Å². The van der Waals surface area contributed by atoms with E-state index in [-0.39, 0.29) is 5.91 Å².